The molecule has 1 aliphatic heterocycles. The molecule has 5 heteroatoms. The van der Waals surface area contributed by atoms with E-state index in [1.165, 1.54) is 0 Å². The van der Waals surface area contributed by atoms with Crippen molar-refractivity contribution in [3.63, 3.8) is 0 Å². The van der Waals surface area contributed by atoms with E-state index in [2.05, 4.69) is 24.1 Å². The summed E-state index contributed by atoms with van der Waals surface area (Å²) >= 11 is 0. The van der Waals surface area contributed by atoms with Gasteiger partial charge in [-0.05, 0) is 32.6 Å². The molecule has 3 atom stereocenters. The zero-order valence-electron chi connectivity index (χ0n) is 13.0. The molecule has 1 heterocycles. The molecule has 1 N–H and O–H groups in total. The minimum Gasteiger partial charge on any atom is -0.323 e. The number of nitrogens with zero attached hydrogens (tertiary/aromatic N) is 1. The Morgan fingerprint density at radius 3 is 2.65 bits per heavy atom. The largest absolute Gasteiger partial charge is 0.323 e. The molecule has 0 radical (unpaired) electrons. The van der Waals surface area contributed by atoms with Crippen molar-refractivity contribution in [3.05, 3.63) is 0 Å². The number of nitrogens with one attached hydrogen (secondary N) is 1. The second-order valence-electron chi connectivity index (χ2n) is 6.37. The Hall–Kier alpha value is -0.420. The van der Waals surface area contributed by atoms with E-state index in [0.717, 1.165) is 44.9 Å². The van der Waals surface area contributed by atoms with Gasteiger partial charge in [-0.3, -0.25) is 14.3 Å². The summed E-state index contributed by atoms with van der Waals surface area (Å²) in [5.74, 6) is 0.972. The van der Waals surface area contributed by atoms with E-state index in [0.29, 0.717) is 11.7 Å². The van der Waals surface area contributed by atoms with Gasteiger partial charge in [-0.15, -0.1) is 0 Å². The van der Waals surface area contributed by atoms with Crippen molar-refractivity contribution in [2.45, 2.75) is 76.5 Å². The Morgan fingerprint density at radius 2 is 2.10 bits per heavy atom. The van der Waals surface area contributed by atoms with Gasteiger partial charge in [0.1, 0.15) is 0 Å². The summed E-state index contributed by atoms with van der Waals surface area (Å²) in [6, 6.07) is 0.176. The van der Waals surface area contributed by atoms with Gasteiger partial charge in [-0.1, -0.05) is 26.2 Å². The van der Waals surface area contributed by atoms with E-state index in [-0.39, 0.29) is 17.7 Å². The van der Waals surface area contributed by atoms with Crippen LogP contribution in [0.5, 0.6) is 0 Å². The third kappa shape index (κ3) is 3.08. The first kappa shape index (κ1) is 16.0. The molecule has 1 saturated heterocycles. The Balaban J connectivity index is 2.10. The highest BCUT2D eigenvalue weighted by Crippen LogP contribution is 2.38. The summed E-state index contributed by atoms with van der Waals surface area (Å²) in [7, 11) is -0.781. The molecular weight excluding hydrogens is 272 g/mol. The van der Waals surface area contributed by atoms with Gasteiger partial charge in [0.15, 0.2) is 0 Å². The average molecular weight is 300 g/mol. The third-order valence-electron chi connectivity index (χ3n) is 4.74. The zero-order valence-corrected chi connectivity index (χ0v) is 13.8. The van der Waals surface area contributed by atoms with Crippen LogP contribution in [0.15, 0.2) is 0 Å². The second kappa shape index (κ2) is 6.56. The van der Waals surface area contributed by atoms with E-state index in [4.69, 9.17) is 0 Å². The van der Waals surface area contributed by atoms with Gasteiger partial charge >= 0.3 is 0 Å². The number of hydrogen-bond donors (Lipinski definition) is 1. The molecule has 0 aromatic carbocycles. The van der Waals surface area contributed by atoms with Crippen molar-refractivity contribution in [1.82, 2.24) is 10.2 Å². The van der Waals surface area contributed by atoms with Crippen LogP contribution in [0.1, 0.15) is 58.8 Å². The SMILES string of the molecule is CCCC1NC2(CCCC2)C(=O)N1C(C)CCS(C)=O. The van der Waals surface area contributed by atoms with E-state index in [1.54, 1.807) is 6.26 Å². The number of carbonyl (C=O) groups is 1. The van der Waals surface area contributed by atoms with Gasteiger partial charge in [0.05, 0.1) is 11.7 Å². The highest BCUT2D eigenvalue weighted by molar-refractivity contribution is 7.84. The molecule has 1 saturated carbocycles. The zero-order chi connectivity index (χ0) is 14.8. The van der Waals surface area contributed by atoms with Crippen molar-refractivity contribution < 1.29 is 9.00 Å². The average Bonchev–Trinajstić information content (AvgIpc) is 2.95. The molecule has 4 nitrogen and oxygen atoms in total. The lowest BCUT2D eigenvalue weighted by molar-refractivity contribution is -0.135. The number of amides is 1. The Bertz CT molecular complexity index is 380. The van der Waals surface area contributed by atoms with Crippen LogP contribution in [-0.2, 0) is 15.6 Å². The number of rotatable bonds is 6. The Labute approximate surface area is 125 Å². The number of hydrogen-bond acceptors (Lipinski definition) is 3. The molecule has 20 heavy (non-hydrogen) atoms. The predicted molar refractivity (Wildman–Crippen MR) is 82.9 cm³/mol. The Kier molecular flexibility index (Phi) is 5.24. The van der Waals surface area contributed by atoms with E-state index in [9.17, 15) is 9.00 Å². The summed E-state index contributed by atoms with van der Waals surface area (Å²) in [6.07, 6.45) is 9.08. The second-order valence-corrected chi connectivity index (χ2v) is 7.92. The molecule has 116 valence electrons. The van der Waals surface area contributed by atoms with E-state index >= 15 is 0 Å². The Morgan fingerprint density at radius 1 is 1.45 bits per heavy atom. The lowest BCUT2D eigenvalue weighted by atomic mass is 9.97. The van der Waals surface area contributed by atoms with Crippen molar-refractivity contribution in [2.24, 2.45) is 0 Å². The molecule has 1 amide bonds. The van der Waals surface area contributed by atoms with Crippen LogP contribution in [0.2, 0.25) is 0 Å². The number of carbonyl (C=O) groups excluding carboxylic acids is 1. The maximum atomic E-state index is 12.9. The highest BCUT2D eigenvalue weighted by Gasteiger charge is 2.52. The van der Waals surface area contributed by atoms with Crippen molar-refractivity contribution >= 4 is 16.7 Å². The first-order chi connectivity index (χ1) is 9.50. The lowest BCUT2D eigenvalue weighted by Crippen LogP contribution is -2.45. The summed E-state index contributed by atoms with van der Waals surface area (Å²) in [5, 5.41) is 3.64. The van der Waals surface area contributed by atoms with Crippen LogP contribution < -0.4 is 5.32 Å². The van der Waals surface area contributed by atoms with Crippen molar-refractivity contribution in [1.29, 1.82) is 0 Å². The highest BCUT2D eigenvalue weighted by atomic mass is 32.2. The summed E-state index contributed by atoms with van der Waals surface area (Å²) < 4.78 is 11.3. The van der Waals surface area contributed by atoms with Gasteiger partial charge in [0.2, 0.25) is 5.91 Å². The van der Waals surface area contributed by atoms with Crippen LogP contribution in [0.4, 0.5) is 0 Å². The van der Waals surface area contributed by atoms with E-state index in [1.807, 2.05) is 0 Å². The van der Waals surface area contributed by atoms with Gasteiger partial charge < -0.3 is 4.90 Å². The molecule has 2 aliphatic rings. The first-order valence-electron chi connectivity index (χ1n) is 7.90. The molecule has 3 unspecified atom stereocenters. The van der Waals surface area contributed by atoms with Crippen LogP contribution in [0.3, 0.4) is 0 Å². The van der Waals surface area contributed by atoms with Crippen LogP contribution >= 0.6 is 0 Å². The monoisotopic (exact) mass is 300 g/mol. The molecule has 1 spiro atoms. The standard InChI is InChI=1S/C15H28N2O2S/c1-4-7-13-16-15(9-5-6-10-15)14(18)17(13)12(2)8-11-20(3)19/h12-13,16H,4-11H2,1-3H3. The lowest BCUT2D eigenvalue weighted by Gasteiger charge is -2.30. The quantitative estimate of drug-likeness (QED) is 0.816. The molecule has 2 rings (SSSR count). The van der Waals surface area contributed by atoms with E-state index < -0.39 is 10.8 Å². The molecule has 2 fully saturated rings. The molecule has 0 aromatic rings. The summed E-state index contributed by atoms with van der Waals surface area (Å²) in [4.78, 5) is 14.9. The fourth-order valence-corrected chi connectivity index (χ4v) is 4.32. The van der Waals surface area contributed by atoms with Crippen LogP contribution in [0, 0.1) is 0 Å². The van der Waals surface area contributed by atoms with Crippen molar-refractivity contribution in [3.8, 4) is 0 Å². The van der Waals surface area contributed by atoms with Crippen LogP contribution in [-0.4, -0.2) is 44.8 Å². The maximum Gasteiger partial charge on any atom is 0.244 e. The minimum atomic E-state index is -0.781. The topological polar surface area (TPSA) is 49.4 Å². The van der Waals surface area contributed by atoms with Crippen molar-refractivity contribution in [2.75, 3.05) is 12.0 Å². The van der Waals surface area contributed by atoms with Gasteiger partial charge in [0, 0.05) is 28.9 Å². The van der Waals surface area contributed by atoms with Gasteiger partial charge in [-0.2, -0.15) is 0 Å². The first-order valence-corrected chi connectivity index (χ1v) is 9.63. The predicted octanol–water partition coefficient (Wildman–Crippen LogP) is 2.01. The minimum absolute atomic E-state index is 0.172. The molecule has 0 bridgehead atoms. The third-order valence-corrected chi connectivity index (χ3v) is 5.55. The smallest absolute Gasteiger partial charge is 0.244 e. The normalized spacial score (nSPS) is 28.2. The summed E-state index contributed by atoms with van der Waals surface area (Å²) in [6.45, 7) is 4.26. The van der Waals surface area contributed by atoms with Gasteiger partial charge in [0.25, 0.3) is 0 Å². The van der Waals surface area contributed by atoms with Crippen LogP contribution in [0.25, 0.3) is 0 Å². The maximum absolute atomic E-state index is 12.9. The van der Waals surface area contributed by atoms with Gasteiger partial charge in [-0.25, -0.2) is 0 Å². The summed E-state index contributed by atoms with van der Waals surface area (Å²) in [5.41, 5.74) is -0.278. The molecular formula is C15H28N2O2S. The fraction of sp³-hybridized carbons (Fsp3) is 0.933. The molecule has 1 aliphatic carbocycles. The fourth-order valence-electron chi connectivity index (χ4n) is 3.64. The molecule has 0 aromatic heterocycles.